The summed E-state index contributed by atoms with van der Waals surface area (Å²) in [5.41, 5.74) is 1.26. The van der Waals surface area contributed by atoms with Gasteiger partial charge < -0.3 is 19.5 Å². The third-order valence-electron chi connectivity index (χ3n) is 4.34. The molecule has 0 fully saturated rings. The van der Waals surface area contributed by atoms with Crippen molar-refractivity contribution in [3.8, 4) is 17.2 Å². The van der Waals surface area contributed by atoms with Crippen LogP contribution in [0.5, 0.6) is 17.2 Å². The largest absolute Gasteiger partial charge is 0.494 e. The summed E-state index contributed by atoms with van der Waals surface area (Å²) in [4.78, 5) is 12.5. The Morgan fingerprint density at radius 3 is 2.07 bits per heavy atom. The molecule has 5 heteroatoms. The first kappa shape index (κ1) is 21.2. The van der Waals surface area contributed by atoms with E-state index in [1.165, 1.54) is 0 Å². The standard InChI is InChI=1S/C25H27NO4/c1-2-3-16-28-24-11-7-8-20(19-24)25(27)26-21-12-14-23(15-13-21)30-18-17-29-22-9-5-4-6-10-22/h4-15,19H,2-3,16-18H2,1H3,(H,26,27). The Kier molecular flexibility index (Phi) is 8.15. The van der Waals surface area contributed by atoms with Gasteiger partial charge in [-0.2, -0.15) is 0 Å². The first-order chi connectivity index (χ1) is 14.7. The van der Waals surface area contributed by atoms with Crippen LogP contribution in [0.15, 0.2) is 78.9 Å². The van der Waals surface area contributed by atoms with Crippen LogP contribution in [0.3, 0.4) is 0 Å². The highest BCUT2D eigenvalue weighted by atomic mass is 16.5. The highest BCUT2D eigenvalue weighted by Gasteiger charge is 2.08. The second-order valence-electron chi connectivity index (χ2n) is 6.72. The fourth-order valence-corrected chi connectivity index (χ4v) is 2.73. The molecule has 3 aromatic rings. The predicted octanol–water partition coefficient (Wildman–Crippen LogP) is 5.58. The van der Waals surface area contributed by atoms with Gasteiger partial charge in [0, 0.05) is 11.3 Å². The second-order valence-corrected chi connectivity index (χ2v) is 6.72. The Morgan fingerprint density at radius 2 is 1.37 bits per heavy atom. The van der Waals surface area contributed by atoms with Gasteiger partial charge in [-0.15, -0.1) is 0 Å². The molecule has 0 atom stereocenters. The Bertz CT molecular complexity index is 910. The molecule has 5 nitrogen and oxygen atoms in total. The number of carbonyl (C=O) groups excluding carboxylic acids is 1. The van der Waals surface area contributed by atoms with Gasteiger partial charge in [-0.1, -0.05) is 37.6 Å². The minimum Gasteiger partial charge on any atom is -0.494 e. The number of benzene rings is 3. The Morgan fingerprint density at radius 1 is 0.733 bits per heavy atom. The summed E-state index contributed by atoms with van der Waals surface area (Å²) < 4.78 is 17.0. The van der Waals surface area contributed by atoms with E-state index in [2.05, 4.69) is 12.2 Å². The molecule has 3 rings (SSSR count). The van der Waals surface area contributed by atoms with Crippen LogP contribution in [0.25, 0.3) is 0 Å². The first-order valence-electron chi connectivity index (χ1n) is 10.2. The topological polar surface area (TPSA) is 56.8 Å². The average Bonchev–Trinajstić information content (AvgIpc) is 2.79. The van der Waals surface area contributed by atoms with E-state index >= 15 is 0 Å². The van der Waals surface area contributed by atoms with Gasteiger partial charge in [0.2, 0.25) is 0 Å². The third-order valence-corrected chi connectivity index (χ3v) is 4.34. The summed E-state index contributed by atoms with van der Waals surface area (Å²) in [5.74, 6) is 2.06. The number of hydrogen-bond acceptors (Lipinski definition) is 4. The molecule has 1 amide bonds. The number of unbranched alkanes of at least 4 members (excludes halogenated alkanes) is 1. The molecule has 0 bridgehead atoms. The van der Waals surface area contributed by atoms with Crippen LogP contribution in [-0.2, 0) is 0 Å². The molecule has 0 aliphatic carbocycles. The number of amides is 1. The highest BCUT2D eigenvalue weighted by Crippen LogP contribution is 2.19. The number of hydrogen-bond donors (Lipinski definition) is 1. The number of nitrogens with one attached hydrogen (secondary N) is 1. The molecule has 0 aliphatic heterocycles. The zero-order chi connectivity index (χ0) is 21.0. The molecule has 0 aliphatic rings. The lowest BCUT2D eigenvalue weighted by molar-refractivity contribution is 0.102. The minimum absolute atomic E-state index is 0.180. The van der Waals surface area contributed by atoms with E-state index in [0.717, 1.165) is 24.3 Å². The van der Waals surface area contributed by atoms with Crippen molar-refractivity contribution in [2.24, 2.45) is 0 Å². The number of rotatable bonds is 11. The van der Waals surface area contributed by atoms with Gasteiger partial charge in [-0.05, 0) is 61.0 Å². The Balaban J connectivity index is 1.45. The average molecular weight is 405 g/mol. The van der Waals surface area contributed by atoms with Gasteiger partial charge in [-0.25, -0.2) is 0 Å². The fourth-order valence-electron chi connectivity index (χ4n) is 2.73. The molecular formula is C25H27NO4. The van der Waals surface area contributed by atoms with E-state index in [9.17, 15) is 4.79 Å². The molecule has 30 heavy (non-hydrogen) atoms. The van der Waals surface area contributed by atoms with Gasteiger partial charge in [-0.3, -0.25) is 4.79 Å². The van der Waals surface area contributed by atoms with Gasteiger partial charge in [0.1, 0.15) is 30.5 Å². The van der Waals surface area contributed by atoms with E-state index in [-0.39, 0.29) is 5.91 Å². The van der Waals surface area contributed by atoms with Crippen molar-refractivity contribution in [1.82, 2.24) is 0 Å². The Hall–Kier alpha value is -3.47. The summed E-state index contributed by atoms with van der Waals surface area (Å²) in [5, 5.41) is 2.89. The molecule has 0 aromatic heterocycles. The van der Waals surface area contributed by atoms with Crippen LogP contribution in [0.1, 0.15) is 30.1 Å². The SMILES string of the molecule is CCCCOc1cccc(C(=O)Nc2ccc(OCCOc3ccccc3)cc2)c1. The van der Waals surface area contributed by atoms with Crippen LogP contribution in [0.2, 0.25) is 0 Å². The zero-order valence-electron chi connectivity index (χ0n) is 17.2. The summed E-state index contributed by atoms with van der Waals surface area (Å²) in [6, 6.07) is 24.1. The van der Waals surface area contributed by atoms with Crippen LogP contribution in [0.4, 0.5) is 5.69 Å². The maximum Gasteiger partial charge on any atom is 0.255 e. The summed E-state index contributed by atoms with van der Waals surface area (Å²) >= 11 is 0. The quantitative estimate of drug-likeness (QED) is 0.423. The van der Waals surface area contributed by atoms with Crippen LogP contribution >= 0.6 is 0 Å². The van der Waals surface area contributed by atoms with Crippen molar-refractivity contribution in [3.63, 3.8) is 0 Å². The molecule has 0 unspecified atom stereocenters. The smallest absolute Gasteiger partial charge is 0.255 e. The van der Waals surface area contributed by atoms with Crippen molar-refractivity contribution < 1.29 is 19.0 Å². The second kappa shape index (κ2) is 11.5. The van der Waals surface area contributed by atoms with Crippen LogP contribution < -0.4 is 19.5 Å². The molecule has 1 N–H and O–H groups in total. The normalized spacial score (nSPS) is 10.3. The minimum atomic E-state index is -0.180. The zero-order valence-corrected chi connectivity index (χ0v) is 17.2. The molecule has 0 spiro atoms. The van der Waals surface area contributed by atoms with Crippen molar-refractivity contribution in [2.75, 3.05) is 25.1 Å². The number of anilines is 1. The molecule has 0 saturated heterocycles. The van der Waals surface area contributed by atoms with E-state index < -0.39 is 0 Å². The van der Waals surface area contributed by atoms with Crippen LogP contribution in [0, 0.1) is 0 Å². The lowest BCUT2D eigenvalue weighted by Crippen LogP contribution is -2.12. The maximum atomic E-state index is 12.5. The monoisotopic (exact) mass is 405 g/mol. The van der Waals surface area contributed by atoms with Crippen LogP contribution in [-0.4, -0.2) is 25.7 Å². The number of carbonyl (C=O) groups is 1. The molecule has 0 heterocycles. The van der Waals surface area contributed by atoms with Crippen molar-refractivity contribution in [2.45, 2.75) is 19.8 Å². The van der Waals surface area contributed by atoms with Crippen molar-refractivity contribution in [1.29, 1.82) is 0 Å². The van der Waals surface area contributed by atoms with Crippen molar-refractivity contribution >= 4 is 11.6 Å². The lowest BCUT2D eigenvalue weighted by atomic mass is 10.2. The van der Waals surface area contributed by atoms with Gasteiger partial charge in [0.15, 0.2) is 0 Å². The molecule has 0 radical (unpaired) electrons. The molecule has 0 saturated carbocycles. The van der Waals surface area contributed by atoms with E-state index in [1.807, 2.05) is 66.7 Å². The van der Waals surface area contributed by atoms with E-state index in [1.54, 1.807) is 12.1 Å². The van der Waals surface area contributed by atoms with E-state index in [0.29, 0.717) is 36.8 Å². The molecule has 3 aromatic carbocycles. The third kappa shape index (κ3) is 6.85. The highest BCUT2D eigenvalue weighted by molar-refractivity contribution is 6.04. The first-order valence-corrected chi connectivity index (χ1v) is 10.2. The number of para-hydroxylation sites is 1. The fraction of sp³-hybridized carbons (Fsp3) is 0.240. The summed E-state index contributed by atoms with van der Waals surface area (Å²) in [6.45, 7) is 3.66. The van der Waals surface area contributed by atoms with Crippen molar-refractivity contribution in [3.05, 3.63) is 84.4 Å². The molecular weight excluding hydrogens is 378 g/mol. The maximum absolute atomic E-state index is 12.5. The van der Waals surface area contributed by atoms with Gasteiger partial charge >= 0.3 is 0 Å². The predicted molar refractivity (Wildman–Crippen MR) is 119 cm³/mol. The number of ether oxygens (including phenoxy) is 3. The Labute approximate surface area is 177 Å². The molecule has 156 valence electrons. The summed E-state index contributed by atoms with van der Waals surface area (Å²) in [6.07, 6.45) is 2.06. The summed E-state index contributed by atoms with van der Waals surface area (Å²) in [7, 11) is 0. The lowest BCUT2D eigenvalue weighted by Gasteiger charge is -2.10. The van der Waals surface area contributed by atoms with Gasteiger partial charge in [0.25, 0.3) is 5.91 Å². The van der Waals surface area contributed by atoms with Gasteiger partial charge in [0.05, 0.1) is 6.61 Å². The van der Waals surface area contributed by atoms with E-state index in [4.69, 9.17) is 14.2 Å².